The Morgan fingerprint density at radius 2 is 1.74 bits per heavy atom. The summed E-state index contributed by atoms with van der Waals surface area (Å²) in [6.45, 7) is 1.70. The molecule has 1 aromatic carbocycles. The van der Waals surface area contributed by atoms with Gasteiger partial charge in [-0.15, -0.1) is 0 Å². The summed E-state index contributed by atoms with van der Waals surface area (Å²) in [6.07, 6.45) is 7.42. The van der Waals surface area contributed by atoms with Crippen LogP contribution in [0.25, 0.3) is 0 Å². The Hall–Kier alpha value is -0.890. The third-order valence-corrected chi connectivity index (χ3v) is 4.96. The summed E-state index contributed by atoms with van der Waals surface area (Å²) in [6, 6.07) is 10.8. The molecule has 2 fully saturated rings. The predicted molar refractivity (Wildman–Crippen MR) is 76.9 cm³/mol. The quantitative estimate of drug-likeness (QED) is 0.768. The van der Waals surface area contributed by atoms with E-state index in [9.17, 15) is 4.39 Å². The SMILES string of the molecule is FC1CCCN(C2(c3ccccc3)CCCCC2)C1. The van der Waals surface area contributed by atoms with Crippen molar-refractivity contribution in [3.05, 3.63) is 35.9 Å². The highest BCUT2D eigenvalue weighted by Crippen LogP contribution is 2.43. The van der Waals surface area contributed by atoms with E-state index in [4.69, 9.17) is 0 Å². The Balaban J connectivity index is 1.92. The maximum absolute atomic E-state index is 13.8. The van der Waals surface area contributed by atoms with E-state index < -0.39 is 6.17 Å². The predicted octanol–water partition coefficient (Wildman–Crippen LogP) is 4.28. The highest BCUT2D eigenvalue weighted by atomic mass is 19.1. The van der Waals surface area contributed by atoms with Crippen molar-refractivity contribution in [1.29, 1.82) is 0 Å². The van der Waals surface area contributed by atoms with Gasteiger partial charge in [0.2, 0.25) is 0 Å². The van der Waals surface area contributed by atoms with E-state index in [-0.39, 0.29) is 5.54 Å². The highest BCUT2D eigenvalue weighted by molar-refractivity contribution is 5.25. The van der Waals surface area contributed by atoms with Crippen LogP contribution in [0.5, 0.6) is 0 Å². The van der Waals surface area contributed by atoms with Crippen molar-refractivity contribution < 1.29 is 4.39 Å². The topological polar surface area (TPSA) is 3.24 Å². The third-order valence-electron chi connectivity index (χ3n) is 4.96. The molecule has 0 aromatic heterocycles. The number of rotatable bonds is 2. The largest absolute Gasteiger partial charge is 0.291 e. The number of hydrogen-bond donors (Lipinski definition) is 0. The molecule has 2 aliphatic rings. The Labute approximate surface area is 115 Å². The molecule has 1 unspecified atom stereocenters. The van der Waals surface area contributed by atoms with Gasteiger partial charge in [-0.1, -0.05) is 49.6 Å². The Bertz CT molecular complexity index is 397. The molecule has 1 saturated heterocycles. The fraction of sp³-hybridized carbons (Fsp3) is 0.647. The molecule has 0 bridgehead atoms. The van der Waals surface area contributed by atoms with Crippen molar-refractivity contribution in [3.63, 3.8) is 0 Å². The van der Waals surface area contributed by atoms with Gasteiger partial charge in [0.25, 0.3) is 0 Å². The van der Waals surface area contributed by atoms with Gasteiger partial charge < -0.3 is 0 Å². The molecule has 0 spiro atoms. The molecule has 2 heteroatoms. The van der Waals surface area contributed by atoms with Crippen LogP contribution in [0.1, 0.15) is 50.5 Å². The number of alkyl halides is 1. The lowest BCUT2D eigenvalue weighted by Gasteiger charge is -2.49. The number of benzene rings is 1. The van der Waals surface area contributed by atoms with Gasteiger partial charge in [-0.2, -0.15) is 0 Å². The second-order valence-corrected chi connectivity index (χ2v) is 6.14. The lowest BCUT2D eigenvalue weighted by Crippen LogP contribution is -2.52. The summed E-state index contributed by atoms with van der Waals surface area (Å²) >= 11 is 0. The zero-order valence-corrected chi connectivity index (χ0v) is 11.7. The lowest BCUT2D eigenvalue weighted by atomic mass is 9.74. The van der Waals surface area contributed by atoms with Crippen LogP contribution in [0.2, 0.25) is 0 Å². The molecule has 0 radical (unpaired) electrons. The van der Waals surface area contributed by atoms with Gasteiger partial charge in [-0.25, -0.2) is 4.39 Å². The van der Waals surface area contributed by atoms with Crippen molar-refractivity contribution >= 4 is 0 Å². The minimum atomic E-state index is -0.628. The molecule has 1 heterocycles. The highest BCUT2D eigenvalue weighted by Gasteiger charge is 2.41. The van der Waals surface area contributed by atoms with Gasteiger partial charge in [0, 0.05) is 12.1 Å². The monoisotopic (exact) mass is 261 g/mol. The molecule has 1 atom stereocenters. The molecule has 104 valence electrons. The maximum atomic E-state index is 13.8. The molecular formula is C17H24FN. The normalized spacial score (nSPS) is 28.2. The van der Waals surface area contributed by atoms with E-state index in [1.54, 1.807) is 0 Å². The Morgan fingerprint density at radius 1 is 1.00 bits per heavy atom. The molecule has 1 aliphatic carbocycles. The zero-order chi connectivity index (χ0) is 13.1. The molecule has 1 nitrogen and oxygen atoms in total. The van der Waals surface area contributed by atoms with E-state index >= 15 is 0 Å². The number of piperidine rings is 1. The molecule has 1 saturated carbocycles. The van der Waals surface area contributed by atoms with Crippen LogP contribution in [0.4, 0.5) is 4.39 Å². The van der Waals surface area contributed by atoms with Crippen molar-refractivity contribution in [2.45, 2.75) is 56.7 Å². The minimum absolute atomic E-state index is 0.115. The van der Waals surface area contributed by atoms with Crippen molar-refractivity contribution in [2.75, 3.05) is 13.1 Å². The Kier molecular flexibility index (Phi) is 3.88. The second kappa shape index (κ2) is 5.62. The maximum Gasteiger partial charge on any atom is 0.113 e. The van der Waals surface area contributed by atoms with Crippen molar-refractivity contribution in [1.82, 2.24) is 4.90 Å². The van der Waals surface area contributed by atoms with Crippen LogP contribution in [0, 0.1) is 0 Å². The molecule has 1 aromatic rings. The van der Waals surface area contributed by atoms with E-state index in [2.05, 4.69) is 35.2 Å². The van der Waals surface area contributed by atoms with Crippen molar-refractivity contribution in [3.8, 4) is 0 Å². The molecular weight excluding hydrogens is 237 g/mol. The summed E-state index contributed by atoms with van der Waals surface area (Å²) in [5.41, 5.74) is 1.52. The van der Waals surface area contributed by atoms with Crippen LogP contribution in [0.3, 0.4) is 0 Å². The first-order valence-electron chi connectivity index (χ1n) is 7.76. The number of likely N-dealkylation sites (tertiary alicyclic amines) is 1. The zero-order valence-electron chi connectivity index (χ0n) is 11.7. The molecule has 0 N–H and O–H groups in total. The summed E-state index contributed by atoms with van der Waals surface area (Å²) in [7, 11) is 0. The minimum Gasteiger partial charge on any atom is -0.291 e. The summed E-state index contributed by atoms with van der Waals surface area (Å²) in [5.74, 6) is 0. The first kappa shape index (κ1) is 13.1. The molecule has 3 rings (SSSR count). The average molecular weight is 261 g/mol. The van der Waals surface area contributed by atoms with E-state index in [0.717, 1.165) is 19.4 Å². The molecule has 19 heavy (non-hydrogen) atoms. The number of halogens is 1. The van der Waals surface area contributed by atoms with Gasteiger partial charge in [0.15, 0.2) is 0 Å². The van der Waals surface area contributed by atoms with Gasteiger partial charge in [0.1, 0.15) is 6.17 Å². The fourth-order valence-corrected chi connectivity index (χ4v) is 3.99. The van der Waals surface area contributed by atoms with Crippen LogP contribution in [-0.4, -0.2) is 24.2 Å². The second-order valence-electron chi connectivity index (χ2n) is 6.14. The van der Waals surface area contributed by atoms with Crippen molar-refractivity contribution in [2.24, 2.45) is 0 Å². The first-order chi connectivity index (χ1) is 9.31. The van der Waals surface area contributed by atoms with E-state index in [1.165, 1.54) is 37.7 Å². The molecule has 1 aliphatic heterocycles. The number of nitrogens with zero attached hydrogens (tertiary/aromatic N) is 1. The van der Waals surface area contributed by atoms with Crippen LogP contribution in [0.15, 0.2) is 30.3 Å². The fourth-order valence-electron chi connectivity index (χ4n) is 3.99. The molecule has 0 amide bonds. The average Bonchev–Trinajstić information content (AvgIpc) is 2.49. The summed E-state index contributed by atoms with van der Waals surface area (Å²) in [5, 5.41) is 0. The third kappa shape index (κ3) is 2.55. The van der Waals surface area contributed by atoms with E-state index in [1.807, 2.05) is 0 Å². The van der Waals surface area contributed by atoms with Crippen LogP contribution in [-0.2, 0) is 5.54 Å². The van der Waals surface area contributed by atoms with Crippen LogP contribution < -0.4 is 0 Å². The number of hydrogen-bond acceptors (Lipinski definition) is 1. The Morgan fingerprint density at radius 3 is 2.42 bits per heavy atom. The van der Waals surface area contributed by atoms with Gasteiger partial charge in [-0.3, -0.25) is 4.90 Å². The van der Waals surface area contributed by atoms with Gasteiger partial charge in [0.05, 0.1) is 0 Å². The van der Waals surface area contributed by atoms with Gasteiger partial charge >= 0.3 is 0 Å². The standard InChI is InChI=1S/C17H24FN/c18-16-10-7-13-19(14-16)17(11-5-2-6-12-17)15-8-3-1-4-9-15/h1,3-4,8-9,16H,2,5-7,10-14H2. The first-order valence-corrected chi connectivity index (χ1v) is 7.76. The van der Waals surface area contributed by atoms with E-state index in [0.29, 0.717) is 6.54 Å². The van der Waals surface area contributed by atoms with Gasteiger partial charge in [-0.05, 0) is 37.8 Å². The lowest BCUT2D eigenvalue weighted by molar-refractivity contribution is 0.00249. The van der Waals surface area contributed by atoms with Crippen LogP contribution >= 0.6 is 0 Å². The smallest absolute Gasteiger partial charge is 0.113 e. The summed E-state index contributed by atoms with van der Waals surface area (Å²) < 4.78 is 13.8. The summed E-state index contributed by atoms with van der Waals surface area (Å²) in [4.78, 5) is 2.45.